The summed E-state index contributed by atoms with van der Waals surface area (Å²) in [5.41, 5.74) is 5.07. The Kier molecular flexibility index (Phi) is 5.20. The molecule has 0 saturated heterocycles. The summed E-state index contributed by atoms with van der Waals surface area (Å²) >= 11 is 1.59. The van der Waals surface area contributed by atoms with Crippen molar-refractivity contribution >= 4 is 23.5 Å². The molecule has 0 aliphatic carbocycles. The van der Waals surface area contributed by atoms with Crippen molar-refractivity contribution in [3.05, 3.63) is 83.9 Å². The van der Waals surface area contributed by atoms with Gasteiger partial charge in [0.2, 0.25) is 6.10 Å². The van der Waals surface area contributed by atoms with Gasteiger partial charge in [-0.1, -0.05) is 36.4 Å². The number of benzene rings is 2. The molecule has 1 amide bonds. The molecule has 0 spiro atoms. The van der Waals surface area contributed by atoms with E-state index in [4.69, 9.17) is 14.6 Å². The van der Waals surface area contributed by atoms with Crippen molar-refractivity contribution in [2.45, 2.75) is 6.10 Å². The summed E-state index contributed by atoms with van der Waals surface area (Å²) in [5, 5.41) is 10.9. The number of hydrogen-bond acceptors (Lipinski definition) is 6. The van der Waals surface area contributed by atoms with Crippen LogP contribution in [0.1, 0.15) is 5.56 Å². The number of ether oxygens (including phenoxy) is 2. The first-order valence-corrected chi connectivity index (χ1v) is 10.6. The highest BCUT2D eigenvalue weighted by atomic mass is 32.1. The molecule has 1 unspecified atom stereocenters. The van der Waals surface area contributed by atoms with Crippen LogP contribution in [0.2, 0.25) is 0 Å². The van der Waals surface area contributed by atoms with Crippen molar-refractivity contribution < 1.29 is 14.3 Å². The van der Waals surface area contributed by atoms with Crippen molar-refractivity contribution in [1.82, 2.24) is 15.2 Å². The summed E-state index contributed by atoms with van der Waals surface area (Å²) in [6, 6.07) is 21.1. The zero-order valence-electron chi connectivity index (χ0n) is 16.3. The third kappa shape index (κ3) is 4.06. The number of thiophene rings is 1. The SMILES string of the molecule is O=C(N/N=C/c1cn(-c2ccccc2)nc1-c1cccs1)C1COc2ccccc2O1. The number of amides is 1. The number of nitrogens with one attached hydrogen (secondary N) is 1. The Bertz CT molecular complexity index is 1220. The van der Waals surface area contributed by atoms with Crippen LogP contribution in [0.3, 0.4) is 0 Å². The molecule has 4 aromatic rings. The smallest absolute Gasteiger partial charge is 0.284 e. The molecule has 154 valence electrons. The van der Waals surface area contributed by atoms with E-state index in [1.54, 1.807) is 34.4 Å². The van der Waals surface area contributed by atoms with E-state index in [0.717, 1.165) is 21.8 Å². The summed E-state index contributed by atoms with van der Waals surface area (Å²) in [5.74, 6) is 0.796. The maximum atomic E-state index is 12.5. The molecule has 1 N–H and O–H groups in total. The average Bonchev–Trinajstić information content (AvgIpc) is 3.49. The van der Waals surface area contributed by atoms with Gasteiger partial charge in [0.15, 0.2) is 11.5 Å². The van der Waals surface area contributed by atoms with Gasteiger partial charge in [-0.3, -0.25) is 4.79 Å². The van der Waals surface area contributed by atoms with E-state index in [0.29, 0.717) is 11.5 Å². The lowest BCUT2D eigenvalue weighted by molar-refractivity contribution is -0.130. The third-order valence-corrected chi connectivity index (χ3v) is 5.57. The number of para-hydroxylation sites is 3. The van der Waals surface area contributed by atoms with E-state index in [1.807, 2.05) is 66.2 Å². The number of nitrogens with zero attached hydrogens (tertiary/aromatic N) is 3. The average molecular weight is 430 g/mol. The molecule has 2 aromatic carbocycles. The Hall–Kier alpha value is -3.91. The van der Waals surface area contributed by atoms with Gasteiger partial charge in [-0.25, -0.2) is 10.1 Å². The Balaban J connectivity index is 1.33. The number of hydrazone groups is 1. The Morgan fingerprint density at radius 2 is 1.90 bits per heavy atom. The molecule has 5 rings (SSSR count). The highest BCUT2D eigenvalue weighted by Gasteiger charge is 2.27. The monoisotopic (exact) mass is 430 g/mol. The topological polar surface area (TPSA) is 77.7 Å². The lowest BCUT2D eigenvalue weighted by Gasteiger charge is -2.24. The number of aromatic nitrogens is 2. The molecular formula is C23H18N4O3S. The van der Waals surface area contributed by atoms with Gasteiger partial charge >= 0.3 is 0 Å². The van der Waals surface area contributed by atoms with E-state index in [-0.39, 0.29) is 12.5 Å². The normalized spacial score (nSPS) is 15.2. The second-order valence-electron chi connectivity index (χ2n) is 6.79. The van der Waals surface area contributed by atoms with Crippen LogP contribution in [0.25, 0.3) is 16.3 Å². The fourth-order valence-corrected chi connectivity index (χ4v) is 3.92. The minimum absolute atomic E-state index is 0.130. The first-order chi connectivity index (χ1) is 15.3. The van der Waals surface area contributed by atoms with Crippen LogP contribution >= 0.6 is 11.3 Å². The summed E-state index contributed by atoms with van der Waals surface area (Å²) in [4.78, 5) is 13.5. The molecule has 0 fully saturated rings. The van der Waals surface area contributed by atoms with E-state index in [1.165, 1.54) is 0 Å². The second-order valence-corrected chi connectivity index (χ2v) is 7.74. The first-order valence-electron chi connectivity index (χ1n) is 9.68. The summed E-state index contributed by atoms with van der Waals surface area (Å²) in [6.07, 6.45) is 2.71. The predicted molar refractivity (Wildman–Crippen MR) is 119 cm³/mol. The fourth-order valence-electron chi connectivity index (χ4n) is 3.19. The van der Waals surface area contributed by atoms with Gasteiger partial charge in [0.05, 0.1) is 16.8 Å². The van der Waals surface area contributed by atoms with Crippen molar-refractivity contribution in [2.24, 2.45) is 5.10 Å². The van der Waals surface area contributed by atoms with E-state index in [2.05, 4.69) is 10.5 Å². The number of rotatable bonds is 5. The Morgan fingerprint density at radius 3 is 2.71 bits per heavy atom. The number of carbonyl (C=O) groups is 1. The maximum absolute atomic E-state index is 12.5. The van der Waals surface area contributed by atoms with Gasteiger partial charge in [0.25, 0.3) is 5.91 Å². The van der Waals surface area contributed by atoms with Crippen LogP contribution in [0.4, 0.5) is 0 Å². The zero-order chi connectivity index (χ0) is 21.0. The van der Waals surface area contributed by atoms with Gasteiger partial charge in [0, 0.05) is 11.8 Å². The number of carbonyl (C=O) groups excluding carboxylic acids is 1. The molecule has 8 heteroatoms. The van der Waals surface area contributed by atoms with E-state index < -0.39 is 6.10 Å². The van der Waals surface area contributed by atoms with Crippen molar-refractivity contribution in [3.8, 4) is 27.8 Å². The van der Waals surface area contributed by atoms with E-state index >= 15 is 0 Å². The Morgan fingerprint density at radius 1 is 1.10 bits per heavy atom. The summed E-state index contributed by atoms with van der Waals surface area (Å²) < 4.78 is 13.1. The van der Waals surface area contributed by atoms with Crippen LogP contribution in [-0.4, -0.2) is 34.6 Å². The van der Waals surface area contributed by atoms with Crippen LogP contribution in [0, 0.1) is 0 Å². The van der Waals surface area contributed by atoms with Crippen LogP contribution in [0.5, 0.6) is 11.5 Å². The van der Waals surface area contributed by atoms with Gasteiger partial charge in [-0.15, -0.1) is 11.3 Å². The molecule has 3 heterocycles. The molecule has 0 bridgehead atoms. The summed E-state index contributed by atoms with van der Waals surface area (Å²) in [6.45, 7) is 0.130. The minimum Gasteiger partial charge on any atom is -0.485 e. The van der Waals surface area contributed by atoms with Gasteiger partial charge < -0.3 is 9.47 Å². The Labute approximate surface area is 182 Å². The summed E-state index contributed by atoms with van der Waals surface area (Å²) in [7, 11) is 0. The van der Waals surface area contributed by atoms with Crippen molar-refractivity contribution in [2.75, 3.05) is 6.61 Å². The maximum Gasteiger partial charge on any atom is 0.284 e. The minimum atomic E-state index is -0.768. The molecule has 0 radical (unpaired) electrons. The zero-order valence-corrected chi connectivity index (χ0v) is 17.2. The molecular weight excluding hydrogens is 412 g/mol. The third-order valence-electron chi connectivity index (χ3n) is 4.70. The van der Waals surface area contributed by atoms with Gasteiger partial charge in [-0.05, 0) is 35.7 Å². The van der Waals surface area contributed by atoms with Gasteiger partial charge in [-0.2, -0.15) is 10.2 Å². The fraction of sp³-hybridized carbons (Fsp3) is 0.0870. The molecule has 31 heavy (non-hydrogen) atoms. The molecule has 1 aliphatic rings. The van der Waals surface area contributed by atoms with Crippen molar-refractivity contribution in [3.63, 3.8) is 0 Å². The molecule has 7 nitrogen and oxygen atoms in total. The highest BCUT2D eigenvalue weighted by molar-refractivity contribution is 7.13. The predicted octanol–water partition coefficient (Wildman–Crippen LogP) is 3.89. The first kappa shape index (κ1) is 19.1. The largest absolute Gasteiger partial charge is 0.485 e. The van der Waals surface area contributed by atoms with Crippen LogP contribution in [0.15, 0.2) is 83.4 Å². The van der Waals surface area contributed by atoms with Crippen molar-refractivity contribution in [1.29, 1.82) is 0 Å². The molecule has 1 atom stereocenters. The molecule has 2 aromatic heterocycles. The number of hydrogen-bond donors (Lipinski definition) is 1. The van der Waals surface area contributed by atoms with Gasteiger partial charge in [0.1, 0.15) is 12.3 Å². The van der Waals surface area contributed by atoms with E-state index in [9.17, 15) is 4.79 Å². The molecule has 1 aliphatic heterocycles. The van der Waals surface area contributed by atoms with Crippen LogP contribution < -0.4 is 14.9 Å². The quantitative estimate of drug-likeness (QED) is 0.385. The highest BCUT2D eigenvalue weighted by Crippen LogP contribution is 2.31. The lowest BCUT2D eigenvalue weighted by Crippen LogP contribution is -2.42. The lowest BCUT2D eigenvalue weighted by atomic mass is 10.2. The standard InChI is InChI=1S/C23H18N4O3S/c28-23(20-15-29-18-9-4-5-10-19(18)30-20)25-24-13-16-14-27(17-7-2-1-3-8-17)26-22(16)21-11-6-12-31-21/h1-14,20H,15H2,(H,25,28)/b24-13+. The second kappa shape index (κ2) is 8.45. The number of fused-ring (bicyclic) bond motifs is 1. The molecule has 0 saturated carbocycles. The van der Waals surface area contributed by atoms with Crippen LogP contribution in [-0.2, 0) is 4.79 Å².